The summed E-state index contributed by atoms with van der Waals surface area (Å²) in [4.78, 5) is 15.5. The molecule has 0 radical (unpaired) electrons. The Kier molecular flexibility index (Phi) is 6.38. The number of nitrogens with two attached hydrogens (primary N) is 1. The molecule has 0 aliphatic carbocycles. The monoisotopic (exact) mass is 321 g/mol. The van der Waals surface area contributed by atoms with Crippen LogP contribution in [0.2, 0.25) is 0 Å². The van der Waals surface area contributed by atoms with E-state index < -0.39 is 0 Å². The van der Waals surface area contributed by atoms with E-state index in [1.807, 2.05) is 13.0 Å². The summed E-state index contributed by atoms with van der Waals surface area (Å²) < 4.78 is 5.30. The topological polar surface area (TPSA) is 79.0 Å². The molecule has 23 heavy (non-hydrogen) atoms. The Morgan fingerprint density at radius 3 is 2.83 bits per heavy atom. The van der Waals surface area contributed by atoms with Crippen LogP contribution in [0.3, 0.4) is 0 Å². The number of hydrogen-bond donors (Lipinski definition) is 2. The summed E-state index contributed by atoms with van der Waals surface area (Å²) in [7, 11) is 1.68. The predicted octanol–water partition coefficient (Wildman–Crippen LogP) is 0.358. The molecule has 1 saturated heterocycles. The molecule has 6 heteroatoms. The number of nitrogens with zero attached hydrogens (tertiary/aromatic N) is 2. The van der Waals surface area contributed by atoms with Crippen molar-refractivity contribution in [2.75, 3.05) is 39.9 Å². The van der Waals surface area contributed by atoms with E-state index in [1.54, 1.807) is 7.11 Å². The Hall–Kier alpha value is -1.63. The molecule has 1 unspecified atom stereocenters. The second kappa shape index (κ2) is 8.29. The molecule has 0 saturated carbocycles. The minimum absolute atomic E-state index is 0.146. The van der Waals surface area contributed by atoms with Gasteiger partial charge >= 0.3 is 0 Å². The molecule has 1 amide bonds. The Morgan fingerprint density at radius 1 is 1.43 bits per heavy atom. The number of carbonyl (C=O) groups is 1. The lowest BCUT2D eigenvalue weighted by molar-refractivity contribution is -0.120. The highest BCUT2D eigenvalue weighted by molar-refractivity contribution is 5.75. The molecule has 1 atom stereocenters. The summed E-state index contributed by atoms with van der Waals surface area (Å²) in [6.07, 6.45) is 0.699. The van der Waals surface area contributed by atoms with Crippen LogP contribution in [0.5, 0.6) is 5.75 Å². The number of rotatable bonds is 7. The molecule has 6 nitrogen and oxygen atoms in total. The van der Waals surface area contributed by atoms with Crippen LogP contribution in [-0.2, 0) is 11.3 Å². The van der Waals surface area contributed by atoms with Gasteiger partial charge in [-0.2, -0.15) is 0 Å². The highest BCUT2D eigenvalue weighted by Gasteiger charge is 2.27. The van der Waals surface area contributed by atoms with E-state index in [0.29, 0.717) is 6.42 Å². The van der Waals surface area contributed by atoms with Crippen LogP contribution in [0.25, 0.3) is 0 Å². The van der Waals surface area contributed by atoms with Gasteiger partial charge in [0.15, 0.2) is 0 Å². The third-order valence-corrected chi connectivity index (χ3v) is 4.38. The first-order valence-electron chi connectivity index (χ1n) is 8.02. The van der Waals surface area contributed by atoms with Crippen molar-refractivity contribution < 1.29 is 14.6 Å². The number of carbonyl (C=O) groups excluding carboxylic acids is 1. The summed E-state index contributed by atoms with van der Waals surface area (Å²) >= 11 is 0. The number of ether oxygens (including phenoxy) is 1. The highest BCUT2D eigenvalue weighted by atomic mass is 16.5. The van der Waals surface area contributed by atoms with E-state index in [1.165, 1.54) is 5.56 Å². The molecule has 0 bridgehead atoms. The van der Waals surface area contributed by atoms with Crippen LogP contribution in [0.1, 0.15) is 17.5 Å². The first-order valence-corrected chi connectivity index (χ1v) is 8.02. The number of hydrogen-bond acceptors (Lipinski definition) is 5. The van der Waals surface area contributed by atoms with E-state index in [0.717, 1.165) is 37.5 Å². The van der Waals surface area contributed by atoms with Crippen molar-refractivity contribution in [3.63, 3.8) is 0 Å². The number of amides is 1. The lowest BCUT2D eigenvalue weighted by atomic mass is 10.1. The van der Waals surface area contributed by atoms with Crippen LogP contribution in [0.4, 0.5) is 0 Å². The van der Waals surface area contributed by atoms with Crippen molar-refractivity contribution in [3.05, 3.63) is 29.3 Å². The van der Waals surface area contributed by atoms with Gasteiger partial charge in [0.05, 0.1) is 13.7 Å². The molecule has 3 N–H and O–H groups in total. The molecular weight excluding hydrogens is 294 g/mol. The molecule has 1 fully saturated rings. The van der Waals surface area contributed by atoms with Gasteiger partial charge in [0.2, 0.25) is 5.91 Å². The van der Waals surface area contributed by atoms with Gasteiger partial charge in [-0.25, -0.2) is 0 Å². The van der Waals surface area contributed by atoms with Gasteiger partial charge in [-0.1, -0.05) is 12.1 Å². The Balaban J connectivity index is 2.03. The second-order valence-electron chi connectivity index (χ2n) is 6.14. The van der Waals surface area contributed by atoms with Gasteiger partial charge < -0.3 is 15.6 Å². The quantitative estimate of drug-likeness (QED) is 0.758. The first kappa shape index (κ1) is 17.7. The molecule has 1 aromatic carbocycles. The molecular formula is C17H27N3O3. The lowest BCUT2D eigenvalue weighted by Gasteiger charge is -2.41. The van der Waals surface area contributed by atoms with Crippen molar-refractivity contribution in [1.82, 2.24) is 9.80 Å². The predicted molar refractivity (Wildman–Crippen MR) is 89.3 cm³/mol. The third-order valence-electron chi connectivity index (χ3n) is 4.38. The standard InChI is InChI=1S/C17H27N3O3/c1-13-9-14(3-4-16(13)23-2)10-20-7-6-19(12-17(18)22)11-15(20)5-8-21/h3-4,9,15,21H,5-8,10-12H2,1-2H3,(H2,18,22). The summed E-state index contributed by atoms with van der Waals surface area (Å²) in [6, 6.07) is 6.45. The van der Waals surface area contributed by atoms with E-state index in [2.05, 4.69) is 21.9 Å². The largest absolute Gasteiger partial charge is 0.496 e. The van der Waals surface area contributed by atoms with Gasteiger partial charge in [-0.3, -0.25) is 14.6 Å². The van der Waals surface area contributed by atoms with Gasteiger partial charge in [0.1, 0.15) is 5.75 Å². The summed E-state index contributed by atoms with van der Waals surface area (Å²) in [5, 5.41) is 9.33. The average molecular weight is 321 g/mol. The van der Waals surface area contributed by atoms with Crippen molar-refractivity contribution >= 4 is 5.91 Å². The summed E-state index contributed by atoms with van der Waals surface area (Å²) in [6.45, 7) is 5.75. The smallest absolute Gasteiger partial charge is 0.231 e. The minimum atomic E-state index is -0.299. The normalized spacial score (nSPS) is 19.7. The zero-order valence-corrected chi connectivity index (χ0v) is 14.0. The van der Waals surface area contributed by atoms with Gasteiger partial charge in [-0.15, -0.1) is 0 Å². The fourth-order valence-electron chi connectivity index (χ4n) is 3.23. The zero-order valence-electron chi connectivity index (χ0n) is 14.0. The van der Waals surface area contributed by atoms with E-state index >= 15 is 0 Å². The Labute approximate surface area is 137 Å². The number of aliphatic hydroxyl groups is 1. The molecule has 128 valence electrons. The summed E-state index contributed by atoms with van der Waals surface area (Å²) in [5.74, 6) is 0.596. The Bertz CT molecular complexity index is 536. The number of methoxy groups -OCH3 is 1. The highest BCUT2D eigenvalue weighted by Crippen LogP contribution is 2.21. The maximum absolute atomic E-state index is 11.1. The molecule has 0 aromatic heterocycles. The van der Waals surface area contributed by atoms with Gasteiger partial charge in [0.25, 0.3) is 0 Å². The van der Waals surface area contributed by atoms with E-state index in [4.69, 9.17) is 10.5 Å². The number of aryl methyl sites for hydroxylation is 1. The number of piperazine rings is 1. The molecule has 1 heterocycles. The second-order valence-corrected chi connectivity index (χ2v) is 6.14. The van der Waals surface area contributed by atoms with Crippen molar-refractivity contribution in [3.8, 4) is 5.75 Å². The average Bonchev–Trinajstić information content (AvgIpc) is 2.50. The van der Waals surface area contributed by atoms with Crippen LogP contribution < -0.4 is 10.5 Å². The van der Waals surface area contributed by atoms with Crippen molar-refractivity contribution in [2.24, 2.45) is 5.73 Å². The first-order chi connectivity index (χ1) is 11.0. The summed E-state index contributed by atoms with van der Waals surface area (Å²) in [5.41, 5.74) is 7.64. The molecule has 1 aliphatic rings. The molecule has 0 spiro atoms. The van der Waals surface area contributed by atoms with Gasteiger partial charge in [-0.05, 0) is 30.5 Å². The number of benzene rings is 1. The van der Waals surface area contributed by atoms with E-state index in [9.17, 15) is 9.90 Å². The van der Waals surface area contributed by atoms with Crippen molar-refractivity contribution in [1.29, 1.82) is 0 Å². The van der Waals surface area contributed by atoms with Crippen LogP contribution >= 0.6 is 0 Å². The van der Waals surface area contributed by atoms with E-state index in [-0.39, 0.29) is 25.1 Å². The SMILES string of the molecule is COc1ccc(CN2CCN(CC(N)=O)CC2CCO)cc1C. The number of primary amides is 1. The van der Waals surface area contributed by atoms with Crippen molar-refractivity contribution in [2.45, 2.75) is 25.9 Å². The molecule has 2 rings (SSSR count). The van der Waals surface area contributed by atoms with Crippen LogP contribution in [-0.4, -0.2) is 66.8 Å². The van der Waals surface area contributed by atoms with Gasteiger partial charge in [0, 0.05) is 38.8 Å². The third kappa shape index (κ3) is 4.92. The Morgan fingerprint density at radius 2 is 2.22 bits per heavy atom. The molecule has 1 aliphatic heterocycles. The maximum atomic E-state index is 11.1. The lowest BCUT2D eigenvalue weighted by Crippen LogP contribution is -2.54. The fraction of sp³-hybridized carbons (Fsp3) is 0.588. The maximum Gasteiger partial charge on any atom is 0.231 e. The minimum Gasteiger partial charge on any atom is -0.496 e. The van der Waals surface area contributed by atoms with Crippen LogP contribution in [0.15, 0.2) is 18.2 Å². The number of aliphatic hydroxyl groups excluding tert-OH is 1. The molecule has 1 aromatic rings. The van der Waals surface area contributed by atoms with Crippen LogP contribution in [0, 0.1) is 6.92 Å². The zero-order chi connectivity index (χ0) is 16.8. The fourth-order valence-corrected chi connectivity index (χ4v) is 3.23.